The van der Waals surface area contributed by atoms with Crippen LogP contribution in [0.15, 0.2) is 30.5 Å². The molecular formula is C26H36N8O3. The Bertz CT molecular complexity index is 1210. The molecule has 37 heavy (non-hydrogen) atoms. The van der Waals surface area contributed by atoms with Gasteiger partial charge in [-0.05, 0) is 32.9 Å². The highest BCUT2D eigenvalue weighted by Gasteiger charge is 2.34. The van der Waals surface area contributed by atoms with Crippen molar-refractivity contribution in [2.24, 2.45) is 0 Å². The van der Waals surface area contributed by atoms with Gasteiger partial charge in [0.1, 0.15) is 16.7 Å². The molecule has 11 nitrogen and oxygen atoms in total. The largest absolute Gasteiger partial charge is 0.453 e. The molecule has 0 radical (unpaired) electrons. The first-order chi connectivity index (χ1) is 17.9. The molecule has 2 aliphatic rings. The number of aromatic nitrogens is 4. The Hall–Kier alpha value is -3.44. The number of hydrogen-bond acceptors (Lipinski definition) is 9. The van der Waals surface area contributed by atoms with Crippen molar-refractivity contribution in [3.63, 3.8) is 0 Å². The van der Waals surface area contributed by atoms with E-state index in [1.165, 1.54) is 12.8 Å². The van der Waals surface area contributed by atoms with Crippen LogP contribution in [-0.2, 0) is 4.74 Å². The first-order valence-corrected chi connectivity index (χ1v) is 12.9. The van der Waals surface area contributed by atoms with Gasteiger partial charge in [-0.15, -0.1) is 0 Å². The standard InChI is InChI=1S/C26H36N8O3/c1-17-14-33(26(36)37-4)15-18(2)34(17)25-27-13-22-24(28-25)23(30-29-22)20-5-7-21(8-6-20)32-11-9-31(10-12-32)19(3)16-35/h5-8,13,17-19,35H,9-12,14-16H2,1-4H3,(H,29,30). The van der Waals surface area contributed by atoms with Gasteiger partial charge in [-0.2, -0.15) is 5.10 Å². The van der Waals surface area contributed by atoms with Crippen molar-refractivity contribution in [3.8, 4) is 11.3 Å². The van der Waals surface area contributed by atoms with Crippen molar-refractivity contribution in [3.05, 3.63) is 30.5 Å². The van der Waals surface area contributed by atoms with E-state index in [-0.39, 0.29) is 30.8 Å². The van der Waals surface area contributed by atoms with Crippen LogP contribution in [0.5, 0.6) is 0 Å². The summed E-state index contributed by atoms with van der Waals surface area (Å²) < 4.78 is 4.92. The molecule has 0 bridgehead atoms. The minimum Gasteiger partial charge on any atom is -0.453 e. The summed E-state index contributed by atoms with van der Waals surface area (Å²) >= 11 is 0. The van der Waals surface area contributed by atoms with E-state index < -0.39 is 0 Å². The highest BCUT2D eigenvalue weighted by molar-refractivity contribution is 5.90. The summed E-state index contributed by atoms with van der Waals surface area (Å²) in [7, 11) is 1.41. The lowest BCUT2D eigenvalue weighted by molar-refractivity contribution is 0.109. The molecule has 2 N–H and O–H groups in total. The molecule has 2 aromatic heterocycles. The molecule has 4 heterocycles. The smallest absolute Gasteiger partial charge is 0.409 e. The number of fused-ring (bicyclic) bond motifs is 1. The molecular weight excluding hydrogens is 472 g/mol. The van der Waals surface area contributed by atoms with E-state index in [9.17, 15) is 9.90 Å². The summed E-state index contributed by atoms with van der Waals surface area (Å²) in [6.07, 6.45) is 1.47. The molecule has 2 fully saturated rings. The van der Waals surface area contributed by atoms with Gasteiger partial charge in [-0.1, -0.05) is 12.1 Å². The third-order valence-electron chi connectivity index (χ3n) is 7.58. The fraction of sp³-hybridized carbons (Fsp3) is 0.538. The minimum atomic E-state index is -0.308. The number of aromatic amines is 1. The second kappa shape index (κ2) is 10.5. The maximum absolute atomic E-state index is 12.0. The van der Waals surface area contributed by atoms with Crippen molar-refractivity contribution in [2.45, 2.75) is 38.9 Å². The third kappa shape index (κ3) is 4.93. The van der Waals surface area contributed by atoms with E-state index in [4.69, 9.17) is 9.72 Å². The van der Waals surface area contributed by atoms with Crippen LogP contribution < -0.4 is 9.80 Å². The zero-order valence-electron chi connectivity index (χ0n) is 22.0. The number of anilines is 2. The first kappa shape index (κ1) is 25.2. The number of hydrogen-bond donors (Lipinski definition) is 2. The van der Waals surface area contributed by atoms with Crippen molar-refractivity contribution in [1.82, 2.24) is 30.0 Å². The van der Waals surface area contributed by atoms with E-state index in [0.717, 1.165) is 48.5 Å². The van der Waals surface area contributed by atoms with E-state index in [2.05, 4.69) is 74.9 Å². The lowest BCUT2D eigenvalue weighted by Gasteiger charge is -2.43. The van der Waals surface area contributed by atoms with Crippen molar-refractivity contribution >= 4 is 28.8 Å². The maximum Gasteiger partial charge on any atom is 0.409 e. The van der Waals surface area contributed by atoms with Gasteiger partial charge in [-0.3, -0.25) is 10.00 Å². The second-order valence-electron chi connectivity index (χ2n) is 10.1. The Morgan fingerprint density at radius 2 is 1.81 bits per heavy atom. The Morgan fingerprint density at radius 3 is 2.43 bits per heavy atom. The zero-order chi connectivity index (χ0) is 26.1. The highest BCUT2D eigenvalue weighted by Crippen LogP contribution is 2.30. The normalized spacial score (nSPS) is 21.9. The average Bonchev–Trinajstić information content (AvgIpc) is 3.35. The topological polar surface area (TPSA) is 114 Å². The van der Waals surface area contributed by atoms with Gasteiger partial charge in [0.2, 0.25) is 5.95 Å². The van der Waals surface area contributed by atoms with Crippen LogP contribution in [0.2, 0.25) is 0 Å². The fourth-order valence-electron chi connectivity index (χ4n) is 5.49. The van der Waals surface area contributed by atoms with Gasteiger partial charge in [0, 0.05) is 68.6 Å². The Labute approximate surface area is 217 Å². The third-order valence-corrected chi connectivity index (χ3v) is 7.58. The van der Waals surface area contributed by atoms with Gasteiger partial charge in [-0.25, -0.2) is 14.8 Å². The number of benzene rings is 1. The summed E-state index contributed by atoms with van der Waals surface area (Å²) in [5.74, 6) is 0.631. The number of aliphatic hydroxyl groups excluding tert-OH is 1. The SMILES string of the molecule is COC(=O)N1CC(C)N(c2ncc3[nH]nc(-c4ccc(N5CCN(C(C)CO)CC5)cc4)c3n2)C(C)C1. The first-order valence-electron chi connectivity index (χ1n) is 12.9. The number of carbonyl (C=O) groups excluding carboxylic acids is 1. The molecule has 3 atom stereocenters. The Morgan fingerprint density at radius 1 is 1.14 bits per heavy atom. The van der Waals surface area contributed by atoms with Gasteiger partial charge >= 0.3 is 6.09 Å². The number of amides is 1. The van der Waals surface area contributed by atoms with Crippen molar-refractivity contribution in [2.75, 3.05) is 62.8 Å². The number of carbonyl (C=O) groups is 1. The molecule has 198 valence electrons. The second-order valence-corrected chi connectivity index (χ2v) is 10.1. The van der Waals surface area contributed by atoms with Gasteiger partial charge < -0.3 is 24.5 Å². The van der Waals surface area contributed by atoms with Crippen molar-refractivity contribution in [1.29, 1.82) is 0 Å². The number of aliphatic hydroxyl groups is 1. The molecule has 2 saturated heterocycles. The average molecular weight is 509 g/mol. The lowest BCUT2D eigenvalue weighted by Crippen LogP contribution is -2.58. The molecule has 3 aromatic rings. The maximum atomic E-state index is 12.0. The summed E-state index contributed by atoms with van der Waals surface area (Å²) in [4.78, 5) is 30.2. The number of H-pyrrole nitrogens is 1. The molecule has 1 amide bonds. The van der Waals surface area contributed by atoms with E-state index >= 15 is 0 Å². The van der Waals surface area contributed by atoms with Crippen LogP contribution in [-0.4, -0.2) is 112 Å². The van der Waals surface area contributed by atoms with Crippen molar-refractivity contribution < 1.29 is 14.6 Å². The molecule has 3 unspecified atom stereocenters. The molecule has 0 spiro atoms. The Kier molecular flexibility index (Phi) is 7.16. The zero-order valence-corrected chi connectivity index (χ0v) is 22.0. The summed E-state index contributed by atoms with van der Waals surface area (Å²) in [5.41, 5.74) is 4.52. The molecule has 2 aliphatic heterocycles. The van der Waals surface area contributed by atoms with E-state index in [1.54, 1.807) is 11.1 Å². The van der Waals surface area contributed by atoms with Crippen LogP contribution in [0.4, 0.5) is 16.4 Å². The van der Waals surface area contributed by atoms with E-state index in [1.807, 2.05) is 0 Å². The summed E-state index contributed by atoms with van der Waals surface area (Å²) in [6.45, 7) is 11.2. The highest BCUT2D eigenvalue weighted by atomic mass is 16.5. The molecule has 1 aromatic carbocycles. The number of piperazine rings is 2. The van der Waals surface area contributed by atoms with Crippen LogP contribution in [0.1, 0.15) is 20.8 Å². The monoisotopic (exact) mass is 508 g/mol. The summed E-state index contributed by atoms with van der Waals surface area (Å²) in [6, 6.07) is 8.74. The molecule has 0 aliphatic carbocycles. The minimum absolute atomic E-state index is 0.0377. The quantitative estimate of drug-likeness (QED) is 0.535. The van der Waals surface area contributed by atoms with E-state index in [0.29, 0.717) is 19.0 Å². The lowest BCUT2D eigenvalue weighted by atomic mass is 10.1. The number of methoxy groups -OCH3 is 1. The Balaban J connectivity index is 1.34. The number of nitrogens with one attached hydrogen (secondary N) is 1. The molecule has 5 rings (SSSR count). The molecule has 11 heteroatoms. The molecule has 0 saturated carbocycles. The predicted molar refractivity (Wildman–Crippen MR) is 143 cm³/mol. The summed E-state index contributed by atoms with van der Waals surface area (Å²) in [5, 5.41) is 17.1. The predicted octanol–water partition coefficient (Wildman–Crippen LogP) is 2.19. The van der Waals surface area contributed by atoms with Crippen LogP contribution >= 0.6 is 0 Å². The fourth-order valence-corrected chi connectivity index (χ4v) is 5.49. The van der Waals surface area contributed by atoms with Crippen LogP contribution in [0.25, 0.3) is 22.3 Å². The van der Waals surface area contributed by atoms with Gasteiger partial charge in [0.25, 0.3) is 0 Å². The number of nitrogens with zero attached hydrogens (tertiary/aromatic N) is 7. The number of rotatable bonds is 5. The van der Waals surface area contributed by atoms with Gasteiger partial charge in [0.15, 0.2) is 0 Å². The van der Waals surface area contributed by atoms with Crippen LogP contribution in [0.3, 0.4) is 0 Å². The number of ether oxygens (including phenoxy) is 1. The van der Waals surface area contributed by atoms with Crippen LogP contribution in [0, 0.1) is 0 Å². The van der Waals surface area contributed by atoms with Gasteiger partial charge in [0.05, 0.1) is 19.9 Å².